The lowest BCUT2D eigenvalue weighted by Gasteiger charge is -2.08. The first-order valence-electron chi connectivity index (χ1n) is 8.55. The van der Waals surface area contributed by atoms with Crippen LogP contribution in [0, 0.1) is 6.92 Å². The number of aryl methyl sites for hydroxylation is 1. The minimum absolute atomic E-state index is 0.164. The summed E-state index contributed by atoms with van der Waals surface area (Å²) < 4.78 is 0. The van der Waals surface area contributed by atoms with Gasteiger partial charge in [0.2, 0.25) is 0 Å². The largest absolute Gasteiger partial charge is 0.348 e. The molecule has 0 aliphatic rings. The number of amides is 2. The van der Waals surface area contributed by atoms with E-state index in [1.165, 1.54) is 5.56 Å². The Kier molecular flexibility index (Phi) is 5.64. The molecule has 5 nitrogen and oxygen atoms in total. The van der Waals surface area contributed by atoms with Crippen LogP contribution in [0.3, 0.4) is 0 Å². The summed E-state index contributed by atoms with van der Waals surface area (Å²) in [5.74, 6) is -0.734. The van der Waals surface area contributed by atoms with Crippen LogP contribution in [0.1, 0.15) is 31.8 Å². The normalized spacial score (nSPS) is 10.3. The third-order valence-corrected chi connectivity index (χ3v) is 4.30. The zero-order valence-electron chi connectivity index (χ0n) is 14.9. The second-order valence-corrected chi connectivity index (χ2v) is 6.26. The molecule has 0 atom stereocenters. The van der Waals surface area contributed by atoms with Gasteiger partial charge in [0.25, 0.3) is 11.8 Å². The van der Waals surface area contributed by atoms with Crippen molar-refractivity contribution in [2.75, 3.05) is 0 Å². The van der Waals surface area contributed by atoms with Gasteiger partial charge in [-0.05, 0) is 47.9 Å². The van der Waals surface area contributed by atoms with Crippen LogP contribution in [0.25, 0.3) is 11.1 Å². The number of hydrogen-bond acceptors (Lipinski definition) is 3. The summed E-state index contributed by atoms with van der Waals surface area (Å²) in [4.78, 5) is 23.6. The molecule has 3 aromatic rings. The van der Waals surface area contributed by atoms with E-state index in [-0.39, 0.29) is 5.91 Å². The molecule has 136 valence electrons. The Morgan fingerprint density at radius 1 is 0.741 bits per heavy atom. The van der Waals surface area contributed by atoms with Gasteiger partial charge in [-0.1, -0.05) is 54.1 Å². The molecule has 3 N–H and O–H groups in total. The van der Waals surface area contributed by atoms with E-state index in [1.807, 2.05) is 19.1 Å². The summed E-state index contributed by atoms with van der Waals surface area (Å²) in [6, 6.07) is 22.3. The fraction of sp³-hybridized carbons (Fsp3) is 0.0909. The van der Waals surface area contributed by atoms with Gasteiger partial charge in [0.1, 0.15) is 0 Å². The molecule has 0 unspecified atom stereocenters. The molecule has 0 aliphatic carbocycles. The number of carbonyl (C=O) groups excluding carboxylic acids is 2. The molecule has 0 spiro atoms. The smallest absolute Gasteiger partial charge is 0.274 e. The van der Waals surface area contributed by atoms with Gasteiger partial charge in [-0.2, -0.15) is 0 Å². The van der Waals surface area contributed by atoms with Crippen molar-refractivity contribution in [3.05, 3.63) is 95.1 Å². The fourth-order valence-corrected chi connectivity index (χ4v) is 2.68. The Bertz CT molecular complexity index is 931. The van der Waals surface area contributed by atoms with Gasteiger partial charge in [0.15, 0.2) is 0 Å². The topological polar surface area (TPSA) is 78.4 Å². The number of hydrogen-bond donors (Lipinski definition) is 3. The Labute approximate surface area is 157 Å². The van der Waals surface area contributed by atoms with E-state index in [9.17, 15) is 9.59 Å². The minimum Gasteiger partial charge on any atom is -0.348 e. The van der Waals surface area contributed by atoms with E-state index < -0.39 is 5.91 Å². The van der Waals surface area contributed by atoms with Crippen molar-refractivity contribution < 1.29 is 14.8 Å². The van der Waals surface area contributed by atoms with Crippen LogP contribution in [-0.2, 0) is 6.54 Å². The first-order chi connectivity index (χ1) is 13.1. The van der Waals surface area contributed by atoms with Crippen LogP contribution in [-0.4, -0.2) is 17.0 Å². The highest BCUT2D eigenvalue weighted by atomic mass is 16.5. The number of hydroxylamine groups is 1. The van der Waals surface area contributed by atoms with Gasteiger partial charge in [0.05, 0.1) is 0 Å². The molecule has 0 heterocycles. The van der Waals surface area contributed by atoms with Crippen molar-refractivity contribution in [2.24, 2.45) is 0 Å². The lowest BCUT2D eigenvalue weighted by molar-refractivity contribution is 0.0706. The van der Waals surface area contributed by atoms with Gasteiger partial charge in [-0.3, -0.25) is 14.8 Å². The summed E-state index contributed by atoms with van der Waals surface area (Å²) in [5.41, 5.74) is 6.75. The number of rotatable bonds is 5. The fourth-order valence-electron chi connectivity index (χ4n) is 2.68. The van der Waals surface area contributed by atoms with Crippen molar-refractivity contribution in [1.29, 1.82) is 0 Å². The molecular weight excluding hydrogens is 340 g/mol. The Balaban J connectivity index is 1.61. The number of carbonyl (C=O) groups is 2. The molecule has 0 saturated carbocycles. The van der Waals surface area contributed by atoms with Crippen LogP contribution in [0.4, 0.5) is 0 Å². The highest BCUT2D eigenvalue weighted by Crippen LogP contribution is 2.20. The first kappa shape index (κ1) is 18.4. The van der Waals surface area contributed by atoms with E-state index in [0.717, 1.165) is 16.7 Å². The van der Waals surface area contributed by atoms with Crippen molar-refractivity contribution in [2.45, 2.75) is 13.5 Å². The Hall–Kier alpha value is -3.44. The number of benzene rings is 3. The van der Waals surface area contributed by atoms with Crippen molar-refractivity contribution in [3.8, 4) is 11.1 Å². The van der Waals surface area contributed by atoms with E-state index >= 15 is 0 Å². The van der Waals surface area contributed by atoms with Gasteiger partial charge in [-0.25, -0.2) is 5.48 Å². The van der Waals surface area contributed by atoms with E-state index in [1.54, 1.807) is 41.9 Å². The molecule has 5 heteroatoms. The quantitative estimate of drug-likeness (QED) is 0.479. The second kappa shape index (κ2) is 8.29. The molecule has 2 amide bonds. The molecule has 3 aromatic carbocycles. The molecule has 0 radical (unpaired) electrons. The summed E-state index contributed by atoms with van der Waals surface area (Å²) in [7, 11) is 0. The molecule has 0 bridgehead atoms. The Morgan fingerprint density at radius 2 is 1.22 bits per heavy atom. The lowest BCUT2D eigenvalue weighted by atomic mass is 10.0. The molecule has 0 aromatic heterocycles. The monoisotopic (exact) mass is 360 g/mol. The summed E-state index contributed by atoms with van der Waals surface area (Å²) in [5, 5.41) is 11.5. The predicted octanol–water partition coefficient (Wildman–Crippen LogP) is 3.71. The molecule has 3 rings (SSSR count). The standard InChI is InChI=1S/C22H20N2O3/c1-15-2-6-17(7-3-15)18-10-12-19(13-11-18)21(25)23-14-16-4-8-20(9-5-16)22(26)24-27/h2-13,27H,14H2,1H3,(H,23,25)(H,24,26). The zero-order valence-corrected chi connectivity index (χ0v) is 14.9. The van der Waals surface area contributed by atoms with Crippen molar-refractivity contribution in [1.82, 2.24) is 10.8 Å². The first-order valence-corrected chi connectivity index (χ1v) is 8.55. The SMILES string of the molecule is Cc1ccc(-c2ccc(C(=O)NCc3ccc(C(=O)NO)cc3)cc2)cc1. The minimum atomic E-state index is -0.570. The molecule has 0 fully saturated rings. The third kappa shape index (κ3) is 4.59. The zero-order chi connectivity index (χ0) is 19.2. The summed E-state index contributed by atoms with van der Waals surface area (Å²) >= 11 is 0. The Morgan fingerprint density at radius 3 is 1.78 bits per heavy atom. The van der Waals surface area contributed by atoms with Crippen LogP contribution >= 0.6 is 0 Å². The van der Waals surface area contributed by atoms with Crippen molar-refractivity contribution in [3.63, 3.8) is 0 Å². The highest BCUT2D eigenvalue weighted by Gasteiger charge is 2.07. The molecule has 0 saturated heterocycles. The van der Waals surface area contributed by atoms with Crippen LogP contribution in [0.15, 0.2) is 72.8 Å². The average molecular weight is 360 g/mol. The van der Waals surface area contributed by atoms with E-state index in [2.05, 4.69) is 29.6 Å². The summed E-state index contributed by atoms with van der Waals surface area (Å²) in [6.45, 7) is 2.39. The van der Waals surface area contributed by atoms with Gasteiger partial charge < -0.3 is 5.32 Å². The molecule has 27 heavy (non-hydrogen) atoms. The van der Waals surface area contributed by atoms with Gasteiger partial charge in [-0.15, -0.1) is 0 Å². The van der Waals surface area contributed by atoms with Crippen molar-refractivity contribution >= 4 is 11.8 Å². The number of nitrogens with one attached hydrogen (secondary N) is 2. The van der Waals surface area contributed by atoms with Crippen LogP contribution in [0.5, 0.6) is 0 Å². The predicted molar refractivity (Wildman–Crippen MR) is 103 cm³/mol. The van der Waals surface area contributed by atoms with E-state index in [4.69, 9.17) is 5.21 Å². The molecule has 0 aliphatic heterocycles. The average Bonchev–Trinajstić information content (AvgIpc) is 2.72. The van der Waals surface area contributed by atoms with E-state index in [0.29, 0.717) is 17.7 Å². The molecular formula is C22H20N2O3. The maximum absolute atomic E-state index is 12.3. The lowest BCUT2D eigenvalue weighted by Crippen LogP contribution is -2.23. The van der Waals surface area contributed by atoms with Crippen LogP contribution < -0.4 is 10.8 Å². The summed E-state index contributed by atoms with van der Waals surface area (Å²) in [6.07, 6.45) is 0. The van der Waals surface area contributed by atoms with Gasteiger partial charge in [0, 0.05) is 17.7 Å². The second-order valence-electron chi connectivity index (χ2n) is 6.26. The highest BCUT2D eigenvalue weighted by molar-refractivity contribution is 5.95. The maximum Gasteiger partial charge on any atom is 0.274 e. The van der Waals surface area contributed by atoms with Crippen LogP contribution in [0.2, 0.25) is 0 Å². The third-order valence-electron chi connectivity index (χ3n) is 4.30. The van der Waals surface area contributed by atoms with Gasteiger partial charge >= 0.3 is 0 Å². The maximum atomic E-state index is 12.3.